The number of nitrogens with one attached hydrogen (secondary N) is 2. The van der Waals surface area contributed by atoms with Gasteiger partial charge < -0.3 is 20.1 Å². The lowest BCUT2D eigenvalue weighted by atomic mass is 10.2. The summed E-state index contributed by atoms with van der Waals surface area (Å²) in [7, 11) is 0. The minimum absolute atomic E-state index is 0.00378. The molecule has 1 aliphatic heterocycles. The number of amides is 1. The van der Waals surface area contributed by atoms with Gasteiger partial charge in [-0.1, -0.05) is 30.3 Å². The third kappa shape index (κ3) is 5.38. The van der Waals surface area contributed by atoms with Crippen LogP contribution in [0.2, 0.25) is 0 Å². The summed E-state index contributed by atoms with van der Waals surface area (Å²) < 4.78 is 10.5. The van der Waals surface area contributed by atoms with Crippen LogP contribution in [0.25, 0.3) is 0 Å². The molecule has 1 saturated heterocycles. The zero-order valence-electron chi connectivity index (χ0n) is 10.9. The molecule has 0 saturated carbocycles. The van der Waals surface area contributed by atoms with E-state index in [4.69, 9.17) is 9.47 Å². The molecule has 1 amide bonds. The van der Waals surface area contributed by atoms with E-state index < -0.39 is 0 Å². The van der Waals surface area contributed by atoms with E-state index in [0.717, 1.165) is 18.6 Å². The predicted molar refractivity (Wildman–Crippen MR) is 71.5 cm³/mol. The number of carbonyl (C=O) groups excluding carboxylic acids is 1. The van der Waals surface area contributed by atoms with Gasteiger partial charge in [0, 0.05) is 13.1 Å². The SMILES string of the molecule is O=C(CNCC1CCOCO1)NCc1ccccc1. The summed E-state index contributed by atoms with van der Waals surface area (Å²) in [6.07, 6.45) is 1.02. The third-order valence-corrected chi connectivity index (χ3v) is 2.96. The van der Waals surface area contributed by atoms with E-state index in [0.29, 0.717) is 26.4 Å². The van der Waals surface area contributed by atoms with Crippen LogP contribution in [-0.2, 0) is 20.8 Å². The number of benzene rings is 1. The van der Waals surface area contributed by atoms with Crippen molar-refractivity contribution in [1.29, 1.82) is 0 Å². The average Bonchev–Trinajstić information content (AvgIpc) is 2.47. The first-order valence-corrected chi connectivity index (χ1v) is 6.55. The lowest BCUT2D eigenvalue weighted by Crippen LogP contribution is -2.39. The van der Waals surface area contributed by atoms with Crippen LogP contribution in [0.4, 0.5) is 0 Å². The number of ether oxygens (including phenoxy) is 2. The molecule has 5 nitrogen and oxygen atoms in total. The van der Waals surface area contributed by atoms with Gasteiger partial charge in [-0.25, -0.2) is 0 Å². The first kappa shape index (κ1) is 14.0. The van der Waals surface area contributed by atoms with Gasteiger partial charge in [-0.3, -0.25) is 4.79 Å². The van der Waals surface area contributed by atoms with E-state index in [1.807, 2.05) is 30.3 Å². The topological polar surface area (TPSA) is 59.6 Å². The Morgan fingerprint density at radius 1 is 1.32 bits per heavy atom. The molecule has 1 heterocycles. The van der Waals surface area contributed by atoms with Gasteiger partial charge in [0.2, 0.25) is 5.91 Å². The highest BCUT2D eigenvalue weighted by molar-refractivity contribution is 5.77. The van der Waals surface area contributed by atoms with Gasteiger partial charge in [0.1, 0.15) is 6.79 Å². The second kappa shape index (κ2) is 7.89. The lowest BCUT2D eigenvalue weighted by molar-refractivity contribution is -0.137. The summed E-state index contributed by atoms with van der Waals surface area (Å²) in [4.78, 5) is 11.6. The summed E-state index contributed by atoms with van der Waals surface area (Å²) in [6.45, 7) is 2.64. The molecule has 5 heteroatoms. The molecule has 1 unspecified atom stereocenters. The van der Waals surface area contributed by atoms with E-state index in [1.165, 1.54) is 0 Å². The second-order valence-electron chi connectivity index (χ2n) is 4.50. The van der Waals surface area contributed by atoms with E-state index in [9.17, 15) is 4.79 Å². The Bertz CT molecular complexity index is 378. The molecule has 2 rings (SSSR count). The average molecular weight is 264 g/mol. The standard InChI is InChI=1S/C14H20N2O3/c17-14(16-8-12-4-2-1-3-5-12)10-15-9-13-6-7-18-11-19-13/h1-5,13,15H,6-11H2,(H,16,17). The molecule has 1 fully saturated rings. The summed E-state index contributed by atoms with van der Waals surface area (Å²) in [6, 6.07) is 9.86. The van der Waals surface area contributed by atoms with Gasteiger partial charge >= 0.3 is 0 Å². The van der Waals surface area contributed by atoms with Crippen molar-refractivity contribution < 1.29 is 14.3 Å². The molecule has 1 atom stereocenters. The minimum Gasteiger partial charge on any atom is -0.355 e. The van der Waals surface area contributed by atoms with Crippen LogP contribution in [0, 0.1) is 0 Å². The fourth-order valence-electron chi connectivity index (χ4n) is 1.87. The zero-order chi connectivity index (χ0) is 13.3. The Balaban J connectivity index is 1.57. The Morgan fingerprint density at radius 3 is 2.89 bits per heavy atom. The fraction of sp³-hybridized carbons (Fsp3) is 0.500. The van der Waals surface area contributed by atoms with E-state index >= 15 is 0 Å². The molecular weight excluding hydrogens is 244 g/mol. The molecular formula is C14H20N2O3. The quantitative estimate of drug-likeness (QED) is 0.792. The summed E-state index contributed by atoms with van der Waals surface area (Å²) in [5, 5.41) is 5.97. The Kier molecular flexibility index (Phi) is 5.81. The van der Waals surface area contributed by atoms with Gasteiger partial charge in [0.15, 0.2) is 0 Å². The van der Waals surface area contributed by atoms with E-state index in [1.54, 1.807) is 0 Å². The van der Waals surface area contributed by atoms with E-state index in [-0.39, 0.29) is 12.0 Å². The largest absolute Gasteiger partial charge is 0.355 e. The smallest absolute Gasteiger partial charge is 0.234 e. The maximum absolute atomic E-state index is 11.6. The molecule has 19 heavy (non-hydrogen) atoms. The van der Waals surface area contributed by atoms with Crippen molar-refractivity contribution in [2.45, 2.75) is 19.1 Å². The normalized spacial score (nSPS) is 19.1. The molecule has 0 spiro atoms. The van der Waals surface area contributed by atoms with Gasteiger partial charge in [0.05, 0.1) is 19.3 Å². The highest BCUT2D eigenvalue weighted by Crippen LogP contribution is 2.04. The van der Waals surface area contributed by atoms with Crippen LogP contribution in [0.15, 0.2) is 30.3 Å². The molecule has 0 radical (unpaired) electrons. The van der Waals surface area contributed by atoms with Crippen LogP contribution < -0.4 is 10.6 Å². The zero-order valence-corrected chi connectivity index (χ0v) is 10.9. The molecule has 0 aromatic heterocycles. The molecule has 1 aliphatic rings. The van der Waals surface area contributed by atoms with Crippen molar-refractivity contribution in [2.75, 3.05) is 26.5 Å². The number of hydrogen-bond donors (Lipinski definition) is 2. The highest BCUT2D eigenvalue weighted by Gasteiger charge is 2.13. The van der Waals surface area contributed by atoms with Gasteiger partial charge in [0.25, 0.3) is 0 Å². The molecule has 2 N–H and O–H groups in total. The third-order valence-electron chi connectivity index (χ3n) is 2.96. The summed E-state index contributed by atoms with van der Waals surface area (Å²) in [5.41, 5.74) is 1.10. The van der Waals surface area contributed by atoms with Crippen LogP contribution in [0.1, 0.15) is 12.0 Å². The highest BCUT2D eigenvalue weighted by atomic mass is 16.7. The number of carbonyl (C=O) groups is 1. The van der Waals surface area contributed by atoms with Crippen LogP contribution in [0.5, 0.6) is 0 Å². The second-order valence-corrected chi connectivity index (χ2v) is 4.50. The summed E-state index contributed by atoms with van der Waals surface area (Å²) in [5.74, 6) is -0.00378. The van der Waals surface area contributed by atoms with Crippen molar-refractivity contribution in [3.63, 3.8) is 0 Å². The molecule has 0 aliphatic carbocycles. The van der Waals surface area contributed by atoms with Crippen molar-refractivity contribution in [2.24, 2.45) is 0 Å². The Morgan fingerprint density at radius 2 is 2.16 bits per heavy atom. The van der Waals surface area contributed by atoms with Gasteiger partial charge in [-0.2, -0.15) is 0 Å². The maximum atomic E-state index is 11.6. The summed E-state index contributed by atoms with van der Waals surface area (Å²) >= 11 is 0. The van der Waals surface area contributed by atoms with Crippen molar-refractivity contribution in [3.05, 3.63) is 35.9 Å². The van der Waals surface area contributed by atoms with Crippen molar-refractivity contribution >= 4 is 5.91 Å². The number of hydrogen-bond acceptors (Lipinski definition) is 4. The fourth-order valence-corrected chi connectivity index (χ4v) is 1.87. The minimum atomic E-state index is -0.00378. The first-order valence-electron chi connectivity index (χ1n) is 6.55. The predicted octanol–water partition coefficient (Wildman–Crippen LogP) is 0.655. The molecule has 104 valence electrons. The number of rotatable bonds is 6. The molecule has 1 aromatic rings. The maximum Gasteiger partial charge on any atom is 0.234 e. The van der Waals surface area contributed by atoms with Gasteiger partial charge in [-0.05, 0) is 12.0 Å². The Labute approximate surface area is 113 Å². The van der Waals surface area contributed by atoms with Crippen molar-refractivity contribution in [1.82, 2.24) is 10.6 Å². The van der Waals surface area contributed by atoms with Gasteiger partial charge in [-0.15, -0.1) is 0 Å². The molecule has 1 aromatic carbocycles. The Hall–Kier alpha value is -1.43. The van der Waals surface area contributed by atoms with Crippen LogP contribution in [0.3, 0.4) is 0 Å². The van der Waals surface area contributed by atoms with Crippen LogP contribution >= 0.6 is 0 Å². The molecule has 0 bridgehead atoms. The monoisotopic (exact) mass is 264 g/mol. The lowest BCUT2D eigenvalue weighted by Gasteiger charge is -2.22. The van der Waals surface area contributed by atoms with Crippen molar-refractivity contribution in [3.8, 4) is 0 Å². The first-order chi connectivity index (χ1) is 9.34. The van der Waals surface area contributed by atoms with E-state index in [2.05, 4.69) is 10.6 Å². The van der Waals surface area contributed by atoms with Crippen LogP contribution in [-0.4, -0.2) is 38.5 Å².